The number of hydrogen-bond donors (Lipinski definition) is 1. The first-order valence-electron chi connectivity index (χ1n) is 14.8. The van der Waals surface area contributed by atoms with E-state index in [1.807, 2.05) is 49.4 Å². The number of nitrogens with zero attached hydrogens (tertiary/aromatic N) is 2. The van der Waals surface area contributed by atoms with Crippen LogP contribution in [0.4, 0.5) is 4.79 Å². The van der Waals surface area contributed by atoms with Gasteiger partial charge in [0.25, 0.3) is 0 Å². The van der Waals surface area contributed by atoms with E-state index in [1.165, 1.54) is 25.5 Å². The summed E-state index contributed by atoms with van der Waals surface area (Å²) in [6.45, 7) is 6.33. The molecule has 7 rings (SSSR count). The molecule has 4 saturated carbocycles. The standard InChI is InChI=1S/C34H39N3O4/c1-3-11-36(33(40)35-34-16-25-13-26(17-34)15-27(14-25)18-34)21-31(38)37(19-24-7-5-4-6-8-24)20-28-22-41-30-10-9-23(2)12-29(30)32(28)39/h3-10,12,22,25-27H,1,11,13-21H2,2H3,(H,35,40). The predicted octanol–water partition coefficient (Wildman–Crippen LogP) is 5.80. The molecule has 7 heteroatoms. The molecule has 3 amide bonds. The monoisotopic (exact) mass is 553 g/mol. The average Bonchev–Trinajstić information content (AvgIpc) is 2.93. The van der Waals surface area contributed by atoms with Crippen LogP contribution in [-0.4, -0.2) is 40.4 Å². The molecular weight excluding hydrogens is 514 g/mol. The highest BCUT2D eigenvalue weighted by molar-refractivity contribution is 5.85. The summed E-state index contributed by atoms with van der Waals surface area (Å²) in [4.78, 5) is 44.1. The van der Waals surface area contributed by atoms with Gasteiger partial charge < -0.3 is 19.5 Å². The van der Waals surface area contributed by atoms with Gasteiger partial charge >= 0.3 is 6.03 Å². The molecule has 1 aromatic heterocycles. The molecule has 41 heavy (non-hydrogen) atoms. The summed E-state index contributed by atoms with van der Waals surface area (Å²) in [5, 5.41) is 3.89. The van der Waals surface area contributed by atoms with Crippen molar-refractivity contribution < 1.29 is 14.0 Å². The number of carbonyl (C=O) groups excluding carboxylic acids is 2. The second-order valence-electron chi connectivity index (χ2n) is 12.6. The number of carbonyl (C=O) groups is 2. The van der Waals surface area contributed by atoms with Crippen LogP contribution in [0.3, 0.4) is 0 Å². The zero-order valence-corrected chi connectivity index (χ0v) is 23.8. The summed E-state index contributed by atoms with van der Waals surface area (Å²) in [6, 6.07) is 15.0. The maximum atomic E-state index is 13.9. The van der Waals surface area contributed by atoms with Gasteiger partial charge in [0.05, 0.1) is 23.8 Å². The van der Waals surface area contributed by atoms with Crippen LogP contribution in [0.1, 0.15) is 55.2 Å². The normalized spacial score (nSPS) is 24.3. The van der Waals surface area contributed by atoms with Crippen LogP contribution >= 0.6 is 0 Å². The molecule has 7 nitrogen and oxygen atoms in total. The van der Waals surface area contributed by atoms with Gasteiger partial charge in [-0.2, -0.15) is 0 Å². The van der Waals surface area contributed by atoms with Crippen LogP contribution in [0.25, 0.3) is 11.0 Å². The number of amides is 3. The summed E-state index contributed by atoms with van der Waals surface area (Å²) < 4.78 is 5.78. The third-order valence-corrected chi connectivity index (χ3v) is 9.30. The number of fused-ring (bicyclic) bond motifs is 1. The molecule has 0 radical (unpaired) electrons. The Balaban J connectivity index is 1.22. The molecule has 4 aliphatic carbocycles. The van der Waals surface area contributed by atoms with E-state index in [1.54, 1.807) is 21.9 Å². The van der Waals surface area contributed by atoms with Crippen LogP contribution in [0.2, 0.25) is 0 Å². The summed E-state index contributed by atoms with van der Waals surface area (Å²) in [5.74, 6) is 1.87. The Morgan fingerprint density at radius 3 is 2.34 bits per heavy atom. The van der Waals surface area contributed by atoms with Crippen molar-refractivity contribution in [3.8, 4) is 0 Å². The van der Waals surface area contributed by atoms with Gasteiger partial charge in [0.2, 0.25) is 5.91 Å². The third-order valence-electron chi connectivity index (χ3n) is 9.30. The smallest absolute Gasteiger partial charge is 0.318 e. The maximum Gasteiger partial charge on any atom is 0.318 e. The minimum Gasteiger partial charge on any atom is -0.464 e. The van der Waals surface area contributed by atoms with Crippen molar-refractivity contribution in [3.05, 3.63) is 94.4 Å². The van der Waals surface area contributed by atoms with Crippen molar-refractivity contribution >= 4 is 22.9 Å². The average molecular weight is 554 g/mol. The molecule has 0 saturated heterocycles. The van der Waals surface area contributed by atoms with E-state index in [-0.39, 0.29) is 42.5 Å². The highest BCUT2D eigenvalue weighted by Crippen LogP contribution is 2.55. The van der Waals surface area contributed by atoms with Crippen LogP contribution in [0.5, 0.6) is 0 Å². The van der Waals surface area contributed by atoms with E-state index in [2.05, 4.69) is 11.9 Å². The van der Waals surface area contributed by atoms with Crippen LogP contribution in [0.15, 0.2) is 76.7 Å². The fourth-order valence-electron chi connectivity index (χ4n) is 7.84. The predicted molar refractivity (Wildman–Crippen MR) is 159 cm³/mol. The summed E-state index contributed by atoms with van der Waals surface area (Å²) in [7, 11) is 0. The minimum absolute atomic E-state index is 0.0818. The molecule has 2 aromatic carbocycles. The summed E-state index contributed by atoms with van der Waals surface area (Å²) in [6.07, 6.45) is 10.1. The van der Waals surface area contributed by atoms with Gasteiger partial charge in [0.15, 0.2) is 5.43 Å². The van der Waals surface area contributed by atoms with Crippen molar-refractivity contribution in [2.24, 2.45) is 17.8 Å². The Morgan fingerprint density at radius 2 is 1.68 bits per heavy atom. The topological polar surface area (TPSA) is 82.9 Å². The first-order chi connectivity index (χ1) is 19.8. The molecule has 1 N–H and O–H groups in total. The van der Waals surface area contributed by atoms with Gasteiger partial charge in [-0.3, -0.25) is 9.59 Å². The molecule has 214 valence electrons. The van der Waals surface area contributed by atoms with Crippen molar-refractivity contribution in [2.75, 3.05) is 13.1 Å². The first kappa shape index (κ1) is 27.3. The van der Waals surface area contributed by atoms with E-state index in [9.17, 15) is 14.4 Å². The van der Waals surface area contributed by atoms with E-state index in [0.29, 0.717) is 40.8 Å². The largest absolute Gasteiger partial charge is 0.464 e. The number of urea groups is 1. The zero-order chi connectivity index (χ0) is 28.6. The van der Waals surface area contributed by atoms with Gasteiger partial charge in [0.1, 0.15) is 12.1 Å². The lowest BCUT2D eigenvalue weighted by Crippen LogP contribution is -2.62. The van der Waals surface area contributed by atoms with Crippen molar-refractivity contribution in [3.63, 3.8) is 0 Å². The van der Waals surface area contributed by atoms with Gasteiger partial charge in [-0.25, -0.2) is 4.79 Å². The second-order valence-corrected chi connectivity index (χ2v) is 12.6. The van der Waals surface area contributed by atoms with Crippen molar-refractivity contribution in [1.82, 2.24) is 15.1 Å². The van der Waals surface area contributed by atoms with E-state index in [4.69, 9.17) is 4.42 Å². The lowest BCUT2D eigenvalue weighted by Gasteiger charge is -2.57. The fourth-order valence-corrected chi connectivity index (χ4v) is 7.84. The van der Waals surface area contributed by atoms with E-state index < -0.39 is 0 Å². The molecule has 0 atom stereocenters. The molecule has 0 unspecified atom stereocenters. The quantitative estimate of drug-likeness (QED) is 0.340. The minimum atomic E-state index is -0.236. The SMILES string of the molecule is C=CCN(CC(=O)N(Cc1ccccc1)Cc1coc2ccc(C)cc2c1=O)C(=O)NC12CC3CC(CC(C3)C1)C2. The molecule has 4 fully saturated rings. The Bertz CT molecular complexity index is 1480. The third kappa shape index (κ3) is 5.81. The molecule has 4 bridgehead atoms. The van der Waals surface area contributed by atoms with Crippen molar-refractivity contribution in [1.29, 1.82) is 0 Å². The summed E-state index contributed by atoms with van der Waals surface area (Å²) >= 11 is 0. The highest BCUT2D eigenvalue weighted by atomic mass is 16.3. The lowest BCUT2D eigenvalue weighted by molar-refractivity contribution is -0.133. The van der Waals surface area contributed by atoms with Crippen LogP contribution in [0, 0.1) is 24.7 Å². The molecular formula is C34H39N3O4. The van der Waals surface area contributed by atoms with Crippen LogP contribution in [-0.2, 0) is 17.9 Å². The number of rotatable bonds is 9. The van der Waals surface area contributed by atoms with Gasteiger partial charge in [-0.1, -0.05) is 48.0 Å². The van der Waals surface area contributed by atoms with Gasteiger partial charge in [-0.05, 0) is 80.9 Å². The lowest BCUT2D eigenvalue weighted by atomic mass is 9.53. The summed E-state index contributed by atoms with van der Waals surface area (Å²) in [5.41, 5.74) is 2.52. The van der Waals surface area contributed by atoms with Crippen LogP contribution < -0.4 is 10.7 Å². The Morgan fingerprint density at radius 1 is 1.00 bits per heavy atom. The zero-order valence-electron chi connectivity index (χ0n) is 23.8. The molecule has 1 heterocycles. The molecule has 0 aliphatic heterocycles. The Hall–Kier alpha value is -3.87. The van der Waals surface area contributed by atoms with E-state index in [0.717, 1.165) is 30.4 Å². The first-order valence-corrected chi connectivity index (χ1v) is 14.8. The second kappa shape index (κ2) is 11.2. The molecule has 0 spiro atoms. The van der Waals surface area contributed by atoms with Gasteiger partial charge in [-0.15, -0.1) is 6.58 Å². The van der Waals surface area contributed by atoms with Crippen molar-refractivity contribution in [2.45, 2.75) is 64.1 Å². The molecule has 3 aromatic rings. The number of hydrogen-bond acceptors (Lipinski definition) is 4. The van der Waals surface area contributed by atoms with Gasteiger partial charge in [0, 0.05) is 18.6 Å². The molecule has 4 aliphatic rings. The Labute approximate surface area is 241 Å². The van der Waals surface area contributed by atoms with E-state index >= 15 is 0 Å². The maximum absolute atomic E-state index is 13.9. The number of nitrogens with one attached hydrogen (secondary N) is 1. The number of aryl methyl sites for hydroxylation is 1. The Kier molecular flexibility index (Phi) is 7.45. The highest BCUT2D eigenvalue weighted by Gasteiger charge is 2.51. The fraction of sp³-hybridized carbons (Fsp3) is 0.441. The number of benzene rings is 2.